The fourth-order valence-electron chi connectivity index (χ4n) is 3.64. The summed E-state index contributed by atoms with van der Waals surface area (Å²) in [5.41, 5.74) is 3.16. The van der Waals surface area contributed by atoms with E-state index in [9.17, 15) is 4.39 Å². The van der Waals surface area contributed by atoms with Crippen molar-refractivity contribution in [1.82, 2.24) is 15.0 Å². The summed E-state index contributed by atoms with van der Waals surface area (Å²) in [7, 11) is 0. The van der Waals surface area contributed by atoms with Gasteiger partial charge in [-0.1, -0.05) is 30.3 Å². The summed E-state index contributed by atoms with van der Waals surface area (Å²) >= 11 is 1.43. The maximum atomic E-state index is 14.2. The number of benzene rings is 2. The number of rotatable bonds is 5. The fourth-order valence-corrected chi connectivity index (χ4v) is 4.49. The van der Waals surface area contributed by atoms with Crippen molar-refractivity contribution in [2.75, 3.05) is 23.3 Å². The number of aromatic nitrogens is 3. The van der Waals surface area contributed by atoms with E-state index in [1.165, 1.54) is 30.2 Å². The molecule has 5 rings (SSSR count). The second-order valence-electron chi connectivity index (χ2n) is 7.14. The van der Waals surface area contributed by atoms with Gasteiger partial charge in [-0.25, -0.2) is 19.3 Å². The molecule has 2 aromatic carbocycles. The molecule has 0 atom stereocenters. The van der Waals surface area contributed by atoms with Gasteiger partial charge in [0.1, 0.15) is 28.8 Å². The minimum absolute atomic E-state index is 0.264. The lowest BCUT2D eigenvalue weighted by atomic mass is 10.1. The minimum Gasteiger partial charge on any atom is -0.356 e. The van der Waals surface area contributed by atoms with Gasteiger partial charge in [0.2, 0.25) is 0 Å². The molecule has 1 aliphatic heterocycles. The second kappa shape index (κ2) is 8.20. The van der Waals surface area contributed by atoms with Crippen molar-refractivity contribution in [2.24, 2.45) is 0 Å². The first-order valence-electron chi connectivity index (χ1n) is 9.92. The predicted octanol–water partition coefficient (Wildman–Crippen LogP) is 5.75. The summed E-state index contributed by atoms with van der Waals surface area (Å²) in [5, 5.41) is 6.03. The molecule has 0 saturated carbocycles. The summed E-state index contributed by atoms with van der Waals surface area (Å²) in [5.74, 6) is 1.42. The Morgan fingerprint density at radius 2 is 1.70 bits per heavy atom. The molecule has 0 radical (unpaired) electrons. The van der Waals surface area contributed by atoms with Crippen molar-refractivity contribution in [3.05, 3.63) is 72.1 Å². The van der Waals surface area contributed by atoms with E-state index >= 15 is 0 Å². The maximum absolute atomic E-state index is 14.2. The van der Waals surface area contributed by atoms with E-state index in [1.807, 2.05) is 41.8 Å². The van der Waals surface area contributed by atoms with Crippen LogP contribution in [0.2, 0.25) is 0 Å². The lowest BCUT2D eigenvalue weighted by molar-refractivity contribution is 0.631. The Hall–Kier alpha value is -3.32. The molecular formula is C23H20FN5S. The van der Waals surface area contributed by atoms with E-state index < -0.39 is 0 Å². The zero-order valence-electron chi connectivity index (χ0n) is 16.3. The highest BCUT2D eigenvalue weighted by molar-refractivity contribution is 7.13. The third kappa shape index (κ3) is 3.76. The standard InChI is InChI=1S/C23H20FN5S/c24-18-9-3-1-7-16(18)23-28-20(14-30-23)17-8-2-4-10-19(17)27-21-13-22(26-15-25-21)29-11-5-6-12-29/h1-4,7-10,13-15H,5-6,11-12H2,(H,25,26,27). The molecule has 0 bridgehead atoms. The maximum Gasteiger partial charge on any atom is 0.135 e. The number of hydrogen-bond acceptors (Lipinski definition) is 6. The third-order valence-corrected chi connectivity index (χ3v) is 6.03. The van der Waals surface area contributed by atoms with Crippen LogP contribution in [-0.2, 0) is 0 Å². The van der Waals surface area contributed by atoms with Crippen molar-refractivity contribution in [1.29, 1.82) is 0 Å². The Morgan fingerprint density at radius 3 is 2.53 bits per heavy atom. The highest BCUT2D eigenvalue weighted by Crippen LogP contribution is 2.34. The summed E-state index contributed by atoms with van der Waals surface area (Å²) in [6, 6.07) is 16.6. The number of halogens is 1. The first-order chi connectivity index (χ1) is 14.8. The SMILES string of the molecule is Fc1ccccc1-c1nc(-c2ccccc2Nc2cc(N3CCCC3)ncn2)cs1. The van der Waals surface area contributed by atoms with Crippen molar-refractivity contribution in [3.8, 4) is 21.8 Å². The summed E-state index contributed by atoms with van der Waals surface area (Å²) in [6.45, 7) is 2.06. The van der Waals surface area contributed by atoms with Gasteiger partial charge < -0.3 is 10.2 Å². The van der Waals surface area contributed by atoms with E-state index in [2.05, 4.69) is 20.2 Å². The van der Waals surface area contributed by atoms with Gasteiger partial charge in [0, 0.05) is 41.4 Å². The second-order valence-corrected chi connectivity index (χ2v) is 8.00. The monoisotopic (exact) mass is 417 g/mol. The average molecular weight is 418 g/mol. The van der Waals surface area contributed by atoms with E-state index in [-0.39, 0.29) is 5.82 Å². The molecule has 1 saturated heterocycles. The number of thiazole rings is 1. The Kier molecular flexibility index (Phi) is 5.11. The van der Waals surface area contributed by atoms with Crippen LogP contribution in [-0.4, -0.2) is 28.0 Å². The van der Waals surface area contributed by atoms with Gasteiger partial charge in [0.15, 0.2) is 0 Å². The molecule has 3 heterocycles. The molecule has 0 aliphatic carbocycles. The van der Waals surface area contributed by atoms with Crippen LogP contribution >= 0.6 is 11.3 Å². The van der Waals surface area contributed by atoms with Gasteiger partial charge in [-0.15, -0.1) is 11.3 Å². The van der Waals surface area contributed by atoms with Gasteiger partial charge in [-0.3, -0.25) is 0 Å². The Balaban J connectivity index is 1.44. The molecule has 4 aromatic rings. The molecule has 2 aromatic heterocycles. The van der Waals surface area contributed by atoms with Crippen LogP contribution in [0.1, 0.15) is 12.8 Å². The lowest BCUT2D eigenvalue weighted by Crippen LogP contribution is -2.19. The number of nitrogens with zero attached hydrogens (tertiary/aromatic N) is 4. The molecule has 150 valence electrons. The van der Waals surface area contributed by atoms with Crippen LogP contribution < -0.4 is 10.2 Å². The summed E-state index contributed by atoms with van der Waals surface area (Å²) in [6.07, 6.45) is 3.99. The quantitative estimate of drug-likeness (QED) is 0.448. The van der Waals surface area contributed by atoms with Gasteiger partial charge in [-0.05, 0) is 31.0 Å². The molecule has 1 aliphatic rings. The van der Waals surface area contributed by atoms with E-state index in [4.69, 9.17) is 4.98 Å². The van der Waals surface area contributed by atoms with Crippen LogP contribution in [0.4, 0.5) is 21.7 Å². The Labute approximate surface area is 178 Å². The van der Waals surface area contributed by atoms with Crippen LogP contribution in [0.15, 0.2) is 66.3 Å². The van der Waals surface area contributed by atoms with Crippen LogP contribution in [0.3, 0.4) is 0 Å². The lowest BCUT2D eigenvalue weighted by Gasteiger charge is -2.17. The van der Waals surface area contributed by atoms with Crippen molar-refractivity contribution in [2.45, 2.75) is 12.8 Å². The van der Waals surface area contributed by atoms with E-state index in [1.54, 1.807) is 18.5 Å². The van der Waals surface area contributed by atoms with Gasteiger partial charge in [-0.2, -0.15) is 0 Å². The first kappa shape index (κ1) is 18.7. The molecule has 0 spiro atoms. The minimum atomic E-state index is -0.264. The number of para-hydroxylation sites is 1. The zero-order valence-corrected chi connectivity index (χ0v) is 17.1. The molecule has 7 heteroatoms. The van der Waals surface area contributed by atoms with Gasteiger partial charge in [0.25, 0.3) is 0 Å². The first-order valence-corrected chi connectivity index (χ1v) is 10.8. The smallest absolute Gasteiger partial charge is 0.135 e. The van der Waals surface area contributed by atoms with Crippen molar-refractivity contribution >= 4 is 28.7 Å². The molecule has 30 heavy (non-hydrogen) atoms. The molecule has 5 nitrogen and oxygen atoms in total. The zero-order chi connectivity index (χ0) is 20.3. The van der Waals surface area contributed by atoms with E-state index in [0.29, 0.717) is 10.6 Å². The number of nitrogens with one attached hydrogen (secondary N) is 1. The third-order valence-electron chi connectivity index (χ3n) is 5.16. The van der Waals surface area contributed by atoms with Crippen molar-refractivity contribution < 1.29 is 4.39 Å². The van der Waals surface area contributed by atoms with Gasteiger partial charge >= 0.3 is 0 Å². The molecule has 1 N–H and O–H groups in total. The molecular weight excluding hydrogens is 397 g/mol. The average Bonchev–Trinajstić information content (AvgIpc) is 3.47. The molecule has 1 fully saturated rings. The summed E-state index contributed by atoms with van der Waals surface area (Å²) in [4.78, 5) is 15.8. The fraction of sp³-hybridized carbons (Fsp3) is 0.174. The van der Waals surface area contributed by atoms with E-state index in [0.717, 1.165) is 41.7 Å². The van der Waals surface area contributed by atoms with Crippen LogP contribution in [0, 0.1) is 5.82 Å². The number of anilines is 3. The van der Waals surface area contributed by atoms with Crippen molar-refractivity contribution in [3.63, 3.8) is 0 Å². The molecule has 0 amide bonds. The normalized spacial score (nSPS) is 13.6. The Morgan fingerprint density at radius 1 is 0.933 bits per heavy atom. The van der Waals surface area contributed by atoms with Gasteiger partial charge in [0.05, 0.1) is 5.69 Å². The predicted molar refractivity (Wildman–Crippen MR) is 120 cm³/mol. The largest absolute Gasteiger partial charge is 0.356 e. The topological polar surface area (TPSA) is 53.9 Å². The molecule has 0 unspecified atom stereocenters. The number of hydrogen-bond donors (Lipinski definition) is 1. The van der Waals surface area contributed by atoms with Crippen LogP contribution in [0.25, 0.3) is 21.8 Å². The summed E-state index contributed by atoms with van der Waals surface area (Å²) < 4.78 is 14.2. The highest BCUT2D eigenvalue weighted by Gasteiger charge is 2.16. The highest BCUT2D eigenvalue weighted by atomic mass is 32.1. The van der Waals surface area contributed by atoms with Crippen LogP contribution in [0.5, 0.6) is 0 Å². The Bertz CT molecular complexity index is 1170.